The fraction of sp³-hybridized carbons (Fsp3) is 0.182. The first-order chi connectivity index (χ1) is 6.77. The largest absolute Gasteiger partial charge is 0.504 e. The minimum absolute atomic E-state index is 0.0773. The van der Waals surface area contributed by atoms with Gasteiger partial charge in [-0.25, -0.2) is 0 Å². The summed E-state index contributed by atoms with van der Waals surface area (Å²) in [5, 5.41) is 9.28. The molecule has 0 aliphatic rings. The Balaban J connectivity index is 2.91. The number of methoxy groups -OCH3 is 1. The zero-order chi connectivity index (χ0) is 10.4. The Morgan fingerprint density at radius 3 is 3.00 bits per heavy atom. The number of aldehydes is 1. The van der Waals surface area contributed by atoms with E-state index in [0.29, 0.717) is 11.3 Å². The molecule has 1 aromatic rings. The topological polar surface area (TPSA) is 46.5 Å². The molecule has 0 heterocycles. The first-order valence-electron chi connectivity index (χ1n) is 4.07. The second kappa shape index (κ2) is 4.93. The van der Waals surface area contributed by atoms with Gasteiger partial charge in [0.1, 0.15) is 6.29 Å². The van der Waals surface area contributed by atoms with Gasteiger partial charge in [0.2, 0.25) is 0 Å². The maximum Gasteiger partial charge on any atom is 0.161 e. The van der Waals surface area contributed by atoms with Crippen molar-refractivity contribution in [2.24, 2.45) is 0 Å². The summed E-state index contributed by atoms with van der Waals surface area (Å²) in [6.07, 6.45) is 0.952. The van der Waals surface area contributed by atoms with E-state index in [-0.39, 0.29) is 12.2 Å². The highest BCUT2D eigenvalue weighted by molar-refractivity contribution is 5.55. The lowest BCUT2D eigenvalue weighted by atomic mass is 10.2. The molecule has 3 heteroatoms. The van der Waals surface area contributed by atoms with Crippen LogP contribution in [0.3, 0.4) is 0 Å². The summed E-state index contributed by atoms with van der Waals surface area (Å²) in [6.45, 7) is 0. The van der Waals surface area contributed by atoms with Crippen LogP contribution in [0.15, 0.2) is 18.2 Å². The predicted octanol–water partition coefficient (Wildman–Crippen LogP) is 1.34. The Hall–Kier alpha value is -1.95. The summed E-state index contributed by atoms with van der Waals surface area (Å²) in [5.41, 5.74) is 0.710. The second-order valence-electron chi connectivity index (χ2n) is 2.56. The number of phenolic OH excluding ortho intramolecular Hbond substituents is 1. The number of ether oxygens (including phenoxy) is 1. The smallest absolute Gasteiger partial charge is 0.161 e. The van der Waals surface area contributed by atoms with Crippen LogP contribution in [0.5, 0.6) is 11.5 Å². The minimum Gasteiger partial charge on any atom is -0.504 e. The predicted molar refractivity (Wildman–Crippen MR) is 52.2 cm³/mol. The van der Waals surface area contributed by atoms with Crippen LogP contribution >= 0.6 is 0 Å². The summed E-state index contributed by atoms with van der Waals surface area (Å²) in [6, 6.07) is 4.78. The van der Waals surface area contributed by atoms with Crippen molar-refractivity contribution in [2.45, 2.75) is 6.42 Å². The monoisotopic (exact) mass is 190 g/mol. The van der Waals surface area contributed by atoms with Crippen molar-refractivity contribution in [3.05, 3.63) is 23.8 Å². The molecular formula is C11H10O3. The molecule has 0 bridgehead atoms. The number of hydrogen-bond donors (Lipinski definition) is 1. The van der Waals surface area contributed by atoms with Crippen molar-refractivity contribution >= 4 is 6.29 Å². The van der Waals surface area contributed by atoms with Gasteiger partial charge in [-0.2, -0.15) is 0 Å². The molecule has 0 unspecified atom stereocenters. The molecule has 0 saturated heterocycles. The van der Waals surface area contributed by atoms with Gasteiger partial charge in [-0.15, -0.1) is 0 Å². The maximum atomic E-state index is 10.0. The van der Waals surface area contributed by atoms with Crippen LogP contribution in [0.25, 0.3) is 0 Å². The van der Waals surface area contributed by atoms with E-state index in [2.05, 4.69) is 11.8 Å². The summed E-state index contributed by atoms with van der Waals surface area (Å²) in [5.74, 6) is 5.90. The molecule has 0 aromatic heterocycles. The maximum absolute atomic E-state index is 10.0. The van der Waals surface area contributed by atoms with Gasteiger partial charge in [-0.1, -0.05) is 11.8 Å². The SMILES string of the molecule is COc1cc(C#CCC=O)ccc1O. The van der Waals surface area contributed by atoms with E-state index in [1.165, 1.54) is 13.2 Å². The lowest BCUT2D eigenvalue weighted by Crippen LogP contribution is -1.84. The Kier molecular flexibility index (Phi) is 3.57. The molecule has 0 spiro atoms. The summed E-state index contributed by atoms with van der Waals surface area (Å²) >= 11 is 0. The van der Waals surface area contributed by atoms with E-state index in [1.54, 1.807) is 12.1 Å². The van der Waals surface area contributed by atoms with E-state index in [1.807, 2.05) is 0 Å². The van der Waals surface area contributed by atoms with E-state index in [4.69, 9.17) is 4.74 Å². The molecule has 0 amide bonds. The van der Waals surface area contributed by atoms with Crippen molar-refractivity contribution in [3.8, 4) is 23.3 Å². The van der Waals surface area contributed by atoms with Gasteiger partial charge in [0.05, 0.1) is 13.5 Å². The first-order valence-corrected chi connectivity index (χ1v) is 4.07. The molecule has 1 N–H and O–H groups in total. The minimum atomic E-state index is 0.0773. The van der Waals surface area contributed by atoms with Crippen LogP contribution in [-0.2, 0) is 4.79 Å². The van der Waals surface area contributed by atoms with Crippen molar-refractivity contribution < 1.29 is 14.6 Å². The Labute approximate surface area is 82.3 Å². The molecule has 72 valence electrons. The summed E-state index contributed by atoms with van der Waals surface area (Å²) in [4.78, 5) is 10.0. The lowest BCUT2D eigenvalue weighted by molar-refractivity contribution is -0.107. The third kappa shape index (κ3) is 2.53. The fourth-order valence-corrected chi connectivity index (χ4v) is 0.950. The van der Waals surface area contributed by atoms with Crippen molar-refractivity contribution in [3.63, 3.8) is 0 Å². The number of carbonyl (C=O) groups excluding carboxylic acids is 1. The molecular weight excluding hydrogens is 180 g/mol. The molecule has 0 aliphatic carbocycles. The van der Waals surface area contributed by atoms with Gasteiger partial charge < -0.3 is 14.6 Å². The highest BCUT2D eigenvalue weighted by Crippen LogP contribution is 2.25. The molecule has 0 fully saturated rings. The summed E-state index contributed by atoms with van der Waals surface area (Å²) < 4.78 is 4.90. The van der Waals surface area contributed by atoms with Crippen LogP contribution in [0.1, 0.15) is 12.0 Å². The molecule has 3 nitrogen and oxygen atoms in total. The lowest BCUT2D eigenvalue weighted by Gasteiger charge is -2.02. The zero-order valence-corrected chi connectivity index (χ0v) is 7.78. The van der Waals surface area contributed by atoms with Gasteiger partial charge in [0.25, 0.3) is 0 Å². The van der Waals surface area contributed by atoms with Gasteiger partial charge in [0, 0.05) is 5.56 Å². The zero-order valence-electron chi connectivity index (χ0n) is 7.78. The fourth-order valence-electron chi connectivity index (χ4n) is 0.950. The molecule has 1 rings (SSSR count). The van der Waals surface area contributed by atoms with Gasteiger partial charge >= 0.3 is 0 Å². The summed E-state index contributed by atoms with van der Waals surface area (Å²) in [7, 11) is 1.47. The molecule has 0 atom stereocenters. The Bertz CT molecular complexity index is 385. The van der Waals surface area contributed by atoms with Crippen LogP contribution in [-0.4, -0.2) is 18.5 Å². The van der Waals surface area contributed by atoms with Crippen molar-refractivity contribution in [1.82, 2.24) is 0 Å². The Morgan fingerprint density at radius 1 is 1.57 bits per heavy atom. The number of rotatable bonds is 2. The first kappa shape index (κ1) is 10.1. The second-order valence-corrected chi connectivity index (χ2v) is 2.56. The number of aromatic hydroxyl groups is 1. The number of phenols is 1. The normalized spacial score (nSPS) is 8.64. The van der Waals surface area contributed by atoms with Crippen molar-refractivity contribution in [2.75, 3.05) is 7.11 Å². The van der Waals surface area contributed by atoms with Crippen LogP contribution in [0.2, 0.25) is 0 Å². The highest BCUT2D eigenvalue weighted by Gasteiger charge is 1.99. The van der Waals surface area contributed by atoms with E-state index >= 15 is 0 Å². The van der Waals surface area contributed by atoms with Crippen molar-refractivity contribution in [1.29, 1.82) is 0 Å². The van der Waals surface area contributed by atoms with E-state index in [0.717, 1.165) is 6.29 Å². The average molecular weight is 190 g/mol. The van der Waals surface area contributed by atoms with Gasteiger partial charge in [-0.3, -0.25) is 0 Å². The third-order valence-corrected chi connectivity index (χ3v) is 1.60. The quantitative estimate of drug-likeness (QED) is 0.565. The Morgan fingerprint density at radius 2 is 2.36 bits per heavy atom. The average Bonchev–Trinajstić information content (AvgIpc) is 2.21. The molecule has 1 aromatic carbocycles. The third-order valence-electron chi connectivity index (χ3n) is 1.60. The number of hydrogen-bond acceptors (Lipinski definition) is 3. The van der Waals surface area contributed by atoms with Crippen LogP contribution in [0.4, 0.5) is 0 Å². The highest BCUT2D eigenvalue weighted by atomic mass is 16.5. The van der Waals surface area contributed by atoms with Crippen LogP contribution < -0.4 is 4.74 Å². The molecule has 0 saturated carbocycles. The van der Waals surface area contributed by atoms with Gasteiger partial charge in [-0.05, 0) is 18.2 Å². The molecule has 0 aliphatic heterocycles. The standard InChI is InChI=1S/C11H10O3/c1-14-11-8-9(4-2-3-7-12)5-6-10(11)13/h5-8,13H,3H2,1H3. The van der Waals surface area contributed by atoms with E-state index < -0.39 is 0 Å². The number of carbonyl (C=O) groups is 1. The van der Waals surface area contributed by atoms with Crippen LogP contribution in [0, 0.1) is 11.8 Å². The molecule has 0 radical (unpaired) electrons. The van der Waals surface area contributed by atoms with E-state index in [9.17, 15) is 9.90 Å². The molecule has 14 heavy (non-hydrogen) atoms. The van der Waals surface area contributed by atoms with Gasteiger partial charge in [0.15, 0.2) is 11.5 Å². The number of benzene rings is 1.